The number of aromatic nitrogens is 2. The first-order valence-corrected chi connectivity index (χ1v) is 11.0. The van der Waals surface area contributed by atoms with Gasteiger partial charge in [-0.1, -0.05) is 23.7 Å². The fourth-order valence-electron chi connectivity index (χ4n) is 4.59. The molecule has 2 amide bonds. The molecule has 1 aliphatic carbocycles. The van der Waals surface area contributed by atoms with E-state index in [0.29, 0.717) is 37.0 Å². The Morgan fingerprint density at radius 3 is 2.94 bits per heavy atom. The number of halogens is 1. The van der Waals surface area contributed by atoms with E-state index < -0.39 is 5.41 Å². The Morgan fingerprint density at radius 1 is 1.35 bits per heavy atom. The molecule has 8 nitrogen and oxygen atoms in total. The van der Waals surface area contributed by atoms with Crippen molar-refractivity contribution >= 4 is 23.4 Å². The third-order valence-corrected chi connectivity index (χ3v) is 6.76. The smallest absolute Gasteiger partial charge is 0.272 e. The summed E-state index contributed by atoms with van der Waals surface area (Å²) >= 11 is 6.15. The largest absolute Gasteiger partial charge is 0.374 e. The molecule has 2 aromatic rings. The topological polar surface area (TPSA) is 90.6 Å². The lowest BCUT2D eigenvalue weighted by Crippen LogP contribution is -2.46. The van der Waals surface area contributed by atoms with Crippen LogP contribution in [0.1, 0.15) is 40.2 Å². The van der Waals surface area contributed by atoms with Crippen molar-refractivity contribution in [3.63, 3.8) is 0 Å². The molecular weight excluding hydrogens is 418 g/mol. The van der Waals surface area contributed by atoms with Gasteiger partial charge in [-0.3, -0.25) is 14.7 Å². The van der Waals surface area contributed by atoms with E-state index in [-0.39, 0.29) is 17.9 Å². The number of H-pyrrole nitrogens is 1. The van der Waals surface area contributed by atoms with E-state index in [1.165, 1.54) is 0 Å². The van der Waals surface area contributed by atoms with Crippen molar-refractivity contribution in [3.8, 4) is 0 Å². The van der Waals surface area contributed by atoms with Crippen LogP contribution < -0.4 is 5.32 Å². The summed E-state index contributed by atoms with van der Waals surface area (Å²) in [5.41, 5.74) is 2.47. The van der Waals surface area contributed by atoms with Crippen LogP contribution in [0.5, 0.6) is 0 Å². The van der Waals surface area contributed by atoms with Crippen LogP contribution in [-0.2, 0) is 28.0 Å². The van der Waals surface area contributed by atoms with Crippen molar-refractivity contribution in [2.75, 3.05) is 33.3 Å². The van der Waals surface area contributed by atoms with E-state index in [0.717, 1.165) is 42.8 Å². The van der Waals surface area contributed by atoms with Gasteiger partial charge in [0.2, 0.25) is 5.91 Å². The van der Waals surface area contributed by atoms with Crippen LogP contribution in [0.2, 0.25) is 5.02 Å². The van der Waals surface area contributed by atoms with Gasteiger partial charge in [0, 0.05) is 30.2 Å². The number of hydrogen-bond donors (Lipinski definition) is 2. The molecule has 9 heteroatoms. The Balaban J connectivity index is 1.25. The summed E-state index contributed by atoms with van der Waals surface area (Å²) < 4.78 is 5.71. The normalized spacial score (nSPS) is 22.3. The zero-order chi connectivity index (χ0) is 21.6. The van der Waals surface area contributed by atoms with Crippen molar-refractivity contribution in [2.45, 2.75) is 37.5 Å². The van der Waals surface area contributed by atoms with Gasteiger partial charge in [0.05, 0.1) is 36.9 Å². The minimum atomic E-state index is -0.491. The first-order chi connectivity index (χ1) is 15.0. The summed E-state index contributed by atoms with van der Waals surface area (Å²) in [4.78, 5) is 30.1. The first-order valence-electron chi connectivity index (χ1n) is 10.7. The van der Waals surface area contributed by atoms with Gasteiger partial charge in [-0.25, -0.2) is 0 Å². The molecule has 0 bridgehead atoms. The molecule has 1 aromatic heterocycles. The van der Waals surface area contributed by atoms with Crippen molar-refractivity contribution in [1.29, 1.82) is 0 Å². The predicted molar refractivity (Wildman–Crippen MR) is 115 cm³/mol. The maximum absolute atomic E-state index is 13.4. The SMILES string of the molecule is CN1CCO[C@H](CNC(=O)c2n[nH]c3c2CN(C(=O)C2(c4cccc(Cl)c4)CC2)C3)C1. The molecule has 0 spiro atoms. The van der Waals surface area contributed by atoms with Crippen LogP contribution in [-0.4, -0.2) is 71.2 Å². The van der Waals surface area contributed by atoms with Crippen LogP contribution in [0, 0.1) is 0 Å². The molecule has 0 unspecified atom stereocenters. The molecule has 0 radical (unpaired) electrons. The van der Waals surface area contributed by atoms with E-state index in [2.05, 4.69) is 20.4 Å². The van der Waals surface area contributed by atoms with Crippen LogP contribution >= 0.6 is 11.6 Å². The van der Waals surface area contributed by atoms with Gasteiger partial charge >= 0.3 is 0 Å². The number of fused-ring (bicyclic) bond motifs is 1. The lowest BCUT2D eigenvalue weighted by Gasteiger charge is -2.30. The van der Waals surface area contributed by atoms with Gasteiger partial charge in [0.25, 0.3) is 5.91 Å². The molecule has 1 aromatic carbocycles. The van der Waals surface area contributed by atoms with Crippen molar-refractivity contribution in [3.05, 3.63) is 51.8 Å². The summed E-state index contributed by atoms with van der Waals surface area (Å²) in [5, 5.41) is 10.7. The predicted octanol–water partition coefficient (Wildman–Crippen LogP) is 1.70. The monoisotopic (exact) mass is 443 g/mol. The quantitative estimate of drug-likeness (QED) is 0.734. The fourth-order valence-corrected chi connectivity index (χ4v) is 4.78. The molecule has 3 heterocycles. The summed E-state index contributed by atoms with van der Waals surface area (Å²) in [6.45, 7) is 3.61. The standard InChI is InChI=1S/C22H26ClN5O3/c1-27-7-8-31-16(11-27)10-24-20(29)19-17-12-28(13-18(17)25-26-19)21(30)22(5-6-22)14-3-2-4-15(23)9-14/h2-4,9,16H,5-8,10-13H2,1H3,(H,24,29)(H,25,26)/t16-/m1/s1. The number of carbonyl (C=O) groups excluding carboxylic acids is 2. The number of amides is 2. The molecular formula is C22H26ClN5O3. The number of morpholine rings is 1. The van der Waals surface area contributed by atoms with E-state index in [1.807, 2.05) is 36.2 Å². The number of ether oxygens (including phenoxy) is 1. The third kappa shape index (κ3) is 3.84. The lowest BCUT2D eigenvalue weighted by molar-refractivity contribution is -0.134. The number of carbonyl (C=O) groups is 2. The number of benzene rings is 1. The number of nitrogens with zero attached hydrogens (tertiary/aromatic N) is 3. The fraction of sp³-hybridized carbons (Fsp3) is 0.500. The molecule has 3 aliphatic rings. The van der Waals surface area contributed by atoms with Crippen molar-refractivity contribution in [2.24, 2.45) is 0 Å². The maximum Gasteiger partial charge on any atom is 0.272 e. The maximum atomic E-state index is 13.4. The molecule has 5 rings (SSSR count). The summed E-state index contributed by atoms with van der Waals surface area (Å²) in [6.07, 6.45) is 1.61. The summed E-state index contributed by atoms with van der Waals surface area (Å²) in [5.74, 6) is -0.149. The van der Waals surface area contributed by atoms with Gasteiger partial charge in [-0.05, 0) is 37.6 Å². The minimum absolute atomic E-state index is 0.0276. The first kappa shape index (κ1) is 20.5. The second kappa shape index (κ2) is 7.93. The lowest BCUT2D eigenvalue weighted by atomic mass is 9.94. The van der Waals surface area contributed by atoms with Gasteiger partial charge in [-0.2, -0.15) is 5.10 Å². The Bertz CT molecular complexity index is 1020. The molecule has 2 fully saturated rings. The molecule has 1 saturated heterocycles. The van der Waals surface area contributed by atoms with E-state index in [4.69, 9.17) is 16.3 Å². The highest BCUT2D eigenvalue weighted by Gasteiger charge is 2.54. The minimum Gasteiger partial charge on any atom is -0.374 e. The van der Waals surface area contributed by atoms with Crippen LogP contribution in [0.25, 0.3) is 0 Å². The van der Waals surface area contributed by atoms with Crippen molar-refractivity contribution < 1.29 is 14.3 Å². The Kier molecular flexibility index (Phi) is 5.24. The van der Waals surface area contributed by atoms with Crippen LogP contribution in [0.4, 0.5) is 0 Å². The molecule has 164 valence electrons. The second-order valence-electron chi connectivity index (χ2n) is 8.75. The number of aromatic amines is 1. The molecule has 31 heavy (non-hydrogen) atoms. The summed E-state index contributed by atoms with van der Waals surface area (Å²) in [7, 11) is 2.04. The number of hydrogen-bond acceptors (Lipinski definition) is 5. The van der Waals surface area contributed by atoms with Gasteiger partial charge in [0.1, 0.15) is 0 Å². The van der Waals surface area contributed by atoms with Crippen molar-refractivity contribution in [1.82, 2.24) is 25.3 Å². The Morgan fingerprint density at radius 2 is 2.19 bits per heavy atom. The van der Waals surface area contributed by atoms with Crippen LogP contribution in [0.3, 0.4) is 0 Å². The van der Waals surface area contributed by atoms with Gasteiger partial charge < -0.3 is 19.9 Å². The van der Waals surface area contributed by atoms with Gasteiger partial charge in [0.15, 0.2) is 5.69 Å². The average molecular weight is 444 g/mol. The van der Waals surface area contributed by atoms with Crippen LogP contribution in [0.15, 0.2) is 24.3 Å². The average Bonchev–Trinajstić information content (AvgIpc) is 3.31. The molecule has 1 atom stereocenters. The highest BCUT2D eigenvalue weighted by Crippen LogP contribution is 2.51. The molecule has 2 N–H and O–H groups in total. The number of rotatable bonds is 5. The zero-order valence-electron chi connectivity index (χ0n) is 17.5. The Hall–Kier alpha value is -2.42. The van der Waals surface area contributed by atoms with E-state index in [9.17, 15) is 9.59 Å². The second-order valence-corrected chi connectivity index (χ2v) is 9.18. The highest BCUT2D eigenvalue weighted by molar-refractivity contribution is 6.30. The molecule has 1 saturated carbocycles. The van der Waals surface area contributed by atoms with E-state index >= 15 is 0 Å². The van der Waals surface area contributed by atoms with Gasteiger partial charge in [-0.15, -0.1) is 0 Å². The summed E-state index contributed by atoms with van der Waals surface area (Å²) in [6, 6.07) is 7.56. The van der Waals surface area contributed by atoms with E-state index in [1.54, 1.807) is 0 Å². The third-order valence-electron chi connectivity index (χ3n) is 6.52. The number of nitrogens with one attached hydrogen (secondary N) is 2. The highest BCUT2D eigenvalue weighted by atomic mass is 35.5. The molecule has 2 aliphatic heterocycles. The zero-order valence-corrected chi connectivity index (χ0v) is 18.2. The number of likely N-dealkylation sites (N-methyl/N-ethyl adjacent to an activating group) is 1. The Labute approximate surface area is 185 Å².